The SMILES string of the molecule is Cc1nc(Cl)c2c(C#N)cn([C@@H]3O[C@H](COC(=O)c4ccccc4)[C@@H](OC(=O)c4ccccc4)[C@H]3OC(=O)c3ccccc3)c2n1. The summed E-state index contributed by atoms with van der Waals surface area (Å²) in [6.07, 6.45) is -3.42. The van der Waals surface area contributed by atoms with Gasteiger partial charge in [0.05, 0.1) is 27.6 Å². The van der Waals surface area contributed by atoms with Crippen LogP contribution in [0.15, 0.2) is 97.2 Å². The highest BCUT2D eigenvalue weighted by Gasteiger charge is 2.52. The zero-order valence-electron chi connectivity index (χ0n) is 24.3. The molecule has 1 aliphatic rings. The Labute approximate surface area is 267 Å². The minimum Gasteiger partial charge on any atom is -0.459 e. The standard InChI is InChI=1S/C34H25ClN4O7/c1-20-37-29(35)26-24(17-36)18-39(30(26)38-20)31-28(46-34(42)23-15-9-4-10-16-23)27(45-33(41)22-13-7-3-8-14-22)25(44-31)19-43-32(40)21-11-5-2-6-12-21/h2-16,18,25,27-28,31H,19H2,1H3/t25-,27-,28-,31-/m1/s1. The second kappa shape index (κ2) is 13.2. The first-order valence-electron chi connectivity index (χ1n) is 14.2. The van der Waals surface area contributed by atoms with Crippen LogP contribution in [0.3, 0.4) is 0 Å². The molecule has 11 nitrogen and oxygen atoms in total. The first kappa shape index (κ1) is 30.5. The van der Waals surface area contributed by atoms with Gasteiger partial charge in [0.2, 0.25) is 0 Å². The van der Waals surface area contributed by atoms with E-state index in [9.17, 15) is 19.6 Å². The van der Waals surface area contributed by atoms with Crippen molar-refractivity contribution in [3.63, 3.8) is 0 Å². The molecule has 1 aliphatic heterocycles. The largest absolute Gasteiger partial charge is 0.459 e. The molecule has 5 aromatic rings. The van der Waals surface area contributed by atoms with Crippen LogP contribution in [-0.4, -0.2) is 57.4 Å². The highest BCUT2D eigenvalue weighted by atomic mass is 35.5. The van der Waals surface area contributed by atoms with Gasteiger partial charge in [-0.15, -0.1) is 0 Å². The van der Waals surface area contributed by atoms with Gasteiger partial charge in [0.1, 0.15) is 35.4 Å². The lowest BCUT2D eigenvalue weighted by Gasteiger charge is -2.25. The Morgan fingerprint density at radius 1 is 0.826 bits per heavy atom. The molecule has 0 amide bonds. The molecule has 3 aromatic carbocycles. The summed E-state index contributed by atoms with van der Waals surface area (Å²) >= 11 is 6.44. The molecule has 6 rings (SSSR count). The number of carbonyl (C=O) groups is 3. The lowest BCUT2D eigenvalue weighted by molar-refractivity contribution is -0.0604. The van der Waals surface area contributed by atoms with Crippen molar-refractivity contribution in [1.29, 1.82) is 5.26 Å². The lowest BCUT2D eigenvalue weighted by atomic mass is 10.1. The van der Waals surface area contributed by atoms with Crippen molar-refractivity contribution in [1.82, 2.24) is 14.5 Å². The monoisotopic (exact) mass is 636 g/mol. The number of hydrogen-bond acceptors (Lipinski definition) is 10. The molecule has 2 aromatic heterocycles. The van der Waals surface area contributed by atoms with E-state index in [2.05, 4.69) is 16.0 Å². The third-order valence-electron chi connectivity index (χ3n) is 7.31. The van der Waals surface area contributed by atoms with E-state index in [-0.39, 0.29) is 39.5 Å². The summed E-state index contributed by atoms with van der Waals surface area (Å²) in [6.45, 7) is 1.27. The van der Waals surface area contributed by atoms with Crippen molar-refractivity contribution in [2.75, 3.05) is 6.61 Å². The molecular weight excluding hydrogens is 612 g/mol. The van der Waals surface area contributed by atoms with E-state index in [0.29, 0.717) is 11.4 Å². The van der Waals surface area contributed by atoms with Crippen LogP contribution in [0, 0.1) is 18.3 Å². The van der Waals surface area contributed by atoms with Crippen molar-refractivity contribution >= 4 is 40.5 Å². The van der Waals surface area contributed by atoms with Crippen LogP contribution in [0.2, 0.25) is 5.15 Å². The second-order valence-corrected chi connectivity index (χ2v) is 10.7. The molecule has 0 saturated carbocycles. The molecule has 12 heteroatoms. The Hall–Kier alpha value is -5.57. The first-order chi connectivity index (χ1) is 22.3. The van der Waals surface area contributed by atoms with Crippen LogP contribution >= 0.6 is 11.6 Å². The first-order valence-corrected chi connectivity index (χ1v) is 14.6. The van der Waals surface area contributed by atoms with E-state index in [1.165, 1.54) is 10.8 Å². The number of fused-ring (bicyclic) bond motifs is 1. The predicted molar refractivity (Wildman–Crippen MR) is 164 cm³/mol. The molecule has 1 saturated heterocycles. The minimum atomic E-state index is -1.29. The van der Waals surface area contributed by atoms with Crippen LogP contribution in [0.25, 0.3) is 11.0 Å². The van der Waals surface area contributed by atoms with Crippen molar-refractivity contribution in [3.8, 4) is 6.07 Å². The highest BCUT2D eigenvalue weighted by Crippen LogP contribution is 2.39. The molecule has 0 aliphatic carbocycles. The third-order valence-corrected chi connectivity index (χ3v) is 7.59. The van der Waals surface area contributed by atoms with Gasteiger partial charge in [-0.3, -0.25) is 0 Å². The third kappa shape index (κ3) is 6.17. The summed E-state index contributed by atoms with van der Waals surface area (Å²) in [4.78, 5) is 48.4. The zero-order chi connectivity index (χ0) is 32.2. The number of aryl methyl sites for hydroxylation is 1. The number of nitrogens with zero attached hydrogens (tertiary/aromatic N) is 4. The fourth-order valence-electron chi connectivity index (χ4n) is 5.17. The predicted octanol–water partition coefficient (Wildman–Crippen LogP) is 5.47. The Morgan fingerprint density at radius 2 is 1.35 bits per heavy atom. The van der Waals surface area contributed by atoms with Crippen molar-refractivity contribution in [3.05, 3.63) is 130 Å². The smallest absolute Gasteiger partial charge is 0.338 e. The van der Waals surface area contributed by atoms with Crippen LogP contribution < -0.4 is 0 Å². The molecule has 0 unspecified atom stereocenters. The number of ether oxygens (including phenoxy) is 4. The molecule has 0 spiro atoms. The summed E-state index contributed by atoms with van der Waals surface area (Å²) in [5, 5.41) is 10.2. The number of halogens is 1. The maximum atomic E-state index is 13.5. The molecule has 4 atom stereocenters. The number of benzene rings is 3. The average Bonchev–Trinajstić information content (AvgIpc) is 3.62. The van der Waals surface area contributed by atoms with E-state index < -0.39 is 42.4 Å². The summed E-state index contributed by atoms with van der Waals surface area (Å²) in [7, 11) is 0. The second-order valence-electron chi connectivity index (χ2n) is 10.3. The Morgan fingerprint density at radius 3 is 1.89 bits per heavy atom. The van der Waals surface area contributed by atoms with Crippen molar-refractivity contribution in [2.24, 2.45) is 0 Å². The van der Waals surface area contributed by atoms with E-state index in [1.807, 2.05) is 0 Å². The van der Waals surface area contributed by atoms with Gasteiger partial charge >= 0.3 is 17.9 Å². The van der Waals surface area contributed by atoms with Crippen LogP contribution in [-0.2, 0) is 18.9 Å². The Balaban J connectivity index is 1.43. The van der Waals surface area contributed by atoms with E-state index in [0.717, 1.165) is 0 Å². The van der Waals surface area contributed by atoms with Gasteiger partial charge < -0.3 is 23.5 Å². The highest BCUT2D eigenvalue weighted by molar-refractivity contribution is 6.34. The molecular formula is C34H25ClN4O7. The van der Waals surface area contributed by atoms with Crippen molar-refractivity contribution in [2.45, 2.75) is 31.5 Å². The van der Waals surface area contributed by atoms with E-state index in [1.54, 1.807) is 97.9 Å². The number of aromatic nitrogens is 3. The average molecular weight is 637 g/mol. The van der Waals surface area contributed by atoms with Gasteiger partial charge in [-0.2, -0.15) is 5.26 Å². The van der Waals surface area contributed by atoms with Crippen LogP contribution in [0.4, 0.5) is 0 Å². The Kier molecular flexibility index (Phi) is 8.74. The van der Waals surface area contributed by atoms with Gasteiger partial charge in [0.15, 0.2) is 18.4 Å². The van der Waals surface area contributed by atoms with Gasteiger partial charge in [-0.25, -0.2) is 24.4 Å². The van der Waals surface area contributed by atoms with Gasteiger partial charge in [-0.1, -0.05) is 66.2 Å². The van der Waals surface area contributed by atoms with Crippen LogP contribution in [0.1, 0.15) is 48.7 Å². The molecule has 1 fully saturated rings. The van der Waals surface area contributed by atoms with E-state index >= 15 is 0 Å². The van der Waals surface area contributed by atoms with E-state index in [4.69, 9.17) is 30.5 Å². The maximum absolute atomic E-state index is 13.5. The van der Waals surface area contributed by atoms with Gasteiger partial charge in [0, 0.05) is 6.20 Å². The molecule has 0 N–H and O–H groups in total. The maximum Gasteiger partial charge on any atom is 0.338 e. The normalized spacial score (nSPS) is 18.9. The van der Waals surface area contributed by atoms with Crippen molar-refractivity contribution < 1.29 is 33.3 Å². The molecule has 230 valence electrons. The fourth-order valence-corrected chi connectivity index (χ4v) is 5.48. The quantitative estimate of drug-likeness (QED) is 0.122. The lowest BCUT2D eigenvalue weighted by Crippen LogP contribution is -2.41. The minimum absolute atomic E-state index is 0.0500. The summed E-state index contributed by atoms with van der Waals surface area (Å²) < 4.78 is 25.5. The number of hydrogen-bond donors (Lipinski definition) is 0. The zero-order valence-corrected chi connectivity index (χ0v) is 25.0. The van der Waals surface area contributed by atoms with Crippen LogP contribution in [0.5, 0.6) is 0 Å². The number of esters is 3. The molecule has 3 heterocycles. The Bertz CT molecular complexity index is 1940. The van der Waals surface area contributed by atoms with Gasteiger partial charge in [0.25, 0.3) is 0 Å². The summed E-state index contributed by atoms with van der Waals surface area (Å²) in [5.41, 5.74) is 1.17. The molecule has 0 radical (unpaired) electrons. The van der Waals surface area contributed by atoms with Gasteiger partial charge in [-0.05, 0) is 43.3 Å². The fraction of sp³-hybridized carbons (Fsp3) is 0.176. The number of rotatable bonds is 8. The summed E-state index contributed by atoms with van der Waals surface area (Å²) in [6, 6.07) is 27.0. The number of carbonyl (C=O) groups excluding carboxylic acids is 3. The topological polar surface area (TPSA) is 143 Å². The summed E-state index contributed by atoms with van der Waals surface area (Å²) in [5.74, 6) is -1.75. The molecule has 0 bridgehead atoms. The number of nitriles is 1. The molecule has 46 heavy (non-hydrogen) atoms.